The summed E-state index contributed by atoms with van der Waals surface area (Å²) in [6, 6.07) is 0. The summed E-state index contributed by atoms with van der Waals surface area (Å²) in [4.78, 5) is 37.9. The normalized spacial score (nSPS) is 13.5. The van der Waals surface area contributed by atoms with E-state index in [4.69, 9.17) is 14.2 Å². The number of carbonyl (C=O) groups is 3. The van der Waals surface area contributed by atoms with Gasteiger partial charge in [-0.25, -0.2) is 0 Å². The minimum atomic E-state index is -0.865. The van der Waals surface area contributed by atoms with Crippen LogP contribution in [0.25, 0.3) is 0 Å². The van der Waals surface area contributed by atoms with Crippen molar-refractivity contribution >= 4 is 17.9 Å². The molecular formula is C59H88O6. The van der Waals surface area contributed by atoms with E-state index in [0.717, 1.165) is 64.2 Å². The van der Waals surface area contributed by atoms with Gasteiger partial charge in [-0.2, -0.15) is 0 Å². The monoisotopic (exact) mass is 893 g/mol. The summed E-state index contributed by atoms with van der Waals surface area (Å²) in [5.74, 6) is -1.16. The zero-order valence-corrected chi connectivity index (χ0v) is 40.9. The van der Waals surface area contributed by atoms with Gasteiger partial charge in [0.15, 0.2) is 6.10 Å². The van der Waals surface area contributed by atoms with Gasteiger partial charge < -0.3 is 14.2 Å². The first-order chi connectivity index (χ1) is 32.0. The molecule has 0 aromatic heterocycles. The van der Waals surface area contributed by atoms with Crippen LogP contribution in [0.15, 0.2) is 158 Å². The quantitative estimate of drug-likeness (QED) is 0.0200. The Morgan fingerprint density at radius 1 is 0.338 bits per heavy atom. The lowest BCUT2D eigenvalue weighted by molar-refractivity contribution is -0.166. The molecule has 360 valence electrons. The summed E-state index contributed by atoms with van der Waals surface area (Å²) < 4.78 is 16.6. The van der Waals surface area contributed by atoms with Crippen molar-refractivity contribution < 1.29 is 28.6 Å². The standard InChI is InChI=1S/C59H88O6/c1-4-7-10-13-16-19-22-25-27-29-31-34-37-40-43-46-49-52-58(61)64-55-56(54-63-57(60)51-48-45-42-39-36-33-24-21-18-15-12-9-6-3)65-59(62)53-50-47-44-41-38-35-32-30-28-26-23-20-17-14-11-8-5-2/h9,12,15-21,24-28,31-36,39-44,56H,4-8,10-11,13-14,22-23,29-30,37-38,45-55H2,1-3H3/b12-9-,18-15-,19-16-,20-17-,24-21-,27-25-,28-26-,34-31-,35-32-,36-33-,42-39-,43-40-,44-41-. The highest BCUT2D eigenvalue weighted by Gasteiger charge is 2.19. The van der Waals surface area contributed by atoms with Crippen molar-refractivity contribution in [2.45, 2.75) is 181 Å². The summed E-state index contributed by atoms with van der Waals surface area (Å²) >= 11 is 0. The smallest absolute Gasteiger partial charge is 0.306 e. The number of hydrogen-bond donors (Lipinski definition) is 0. The molecule has 0 amide bonds. The van der Waals surface area contributed by atoms with Crippen LogP contribution in [0, 0.1) is 0 Å². The molecule has 0 aliphatic rings. The predicted molar refractivity (Wildman–Crippen MR) is 278 cm³/mol. The molecule has 0 rings (SSSR count). The first-order valence-electron chi connectivity index (χ1n) is 25.1. The fourth-order valence-corrected chi connectivity index (χ4v) is 5.87. The maximum atomic E-state index is 12.8. The zero-order chi connectivity index (χ0) is 47.2. The van der Waals surface area contributed by atoms with Crippen molar-refractivity contribution in [2.75, 3.05) is 13.2 Å². The molecule has 65 heavy (non-hydrogen) atoms. The van der Waals surface area contributed by atoms with E-state index in [9.17, 15) is 14.4 Å². The lowest BCUT2D eigenvalue weighted by Crippen LogP contribution is -2.30. The second-order valence-corrected chi connectivity index (χ2v) is 15.8. The molecule has 0 bridgehead atoms. The third-order valence-electron chi connectivity index (χ3n) is 9.61. The molecule has 0 saturated heterocycles. The van der Waals surface area contributed by atoms with Gasteiger partial charge in [-0.3, -0.25) is 14.4 Å². The highest BCUT2D eigenvalue weighted by atomic mass is 16.6. The van der Waals surface area contributed by atoms with Crippen LogP contribution in [0.2, 0.25) is 0 Å². The van der Waals surface area contributed by atoms with Crippen LogP contribution in [0.4, 0.5) is 0 Å². The molecule has 0 aliphatic heterocycles. The maximum Gasteiger partial charge on any atom is 0.306 e. The van der Waals surface area contributed by atoms with Crippen molar-refractivity contribution in [3.05, 3.63) is 158 Å². The highest BCUT2D eigenvalue weighted by Crippen LogP contribution is 2.09. The largest absolute Gasteiger partial charge is 0.462 e. The molecular weight excluding hydrogens is 805 g/mol. The Hall–Kier alpha value is -4.97. The van der Waals surface area contributed by atoms with Crippen LogP contribution in [-0.2, 0) is 28.6 Å². The molecule has 0 spiro atoms. The second kappa shape index (κ2) is 51.7. The summed E-state index contributed by atoms with van der Waals surface area (Å²) in [6.45, 7) is 6.24. The van der Waals surface area contributed by atoms with Gasteiger partial charge in [0.2, 0.25) is 0 Å². The molecule has 0 aromatic rings. The minimum Gasteiger partial charge on any atom is -0.462 e. The van der Waals surface area contributed by atoms with Gasteiger partial charge in [0.05, 0.1) is 0 Å². The van der Waals surface area contributed by atoms with E-state index >= 15 is 0 Å². The van der Waals surface area contributed by atoms with Gasteiger partial charge in [-0.05, 0) is 109 Å². The number of ether oxygens (including phenoxy) is 3. The number of unbranched alkanes of at least 4 members (excludes halogenated alkanes) is 9. The maximum absolute atomic E-state index is 12.8. The Labute approximate surface area is 397 Å². The Kier molecular flexibility index (Phi) is 47.7. The van der Waals surface area contributed by atoms with Crippen LogP contribution in [-0.4, -0.2) is 37.2 Å². The molecule has 0 N–H and O–H groups in total. The number of carbonyl (C=O) groups excluding carboxylic acids is 3. The van der Waals surface area contributed by atoms with E-state index in [0.29, 0.717) is 19.3 Å². The van der Waals surface area contributed by atoms with E-state index in [1.54, 1.807) is 0 Å². The molecule has 0 aliphatic carbocycles. The van der Waals surface area contributed by atoms with E-state index in [1.807, 2.05) is 54.7 Å². The molecule has 0 fully saturated rings. The highest BCUT2D eigenvalue weighted by molar-refractivity contribution is 5.71. The van der Waals surface area contributed by atoms with Crippen molar-refractivity contribution in [1.82, 2.24) is 0 Å². The molecule has 1 unspecified atom stereocenters. The first-order valence-corrected chi connectivity index (χ1v) is 25.1. The molecule has 0 saturated carbocycles. The van der Waals surface area contributed by atoms with Crippen molar-refractivity contribution in [1.29, 1.82) is 0 Å². The topological polar surface area (TPSA) is 78.9 Å². The summed E-state index contributed by atoms with van der Waals surface area (Å²) in [5, 5.41) is 0. The molecule has 0 heterocycles. The molecule has 6 heteroatoms. The van der Waals surface area contributed by atoms with Gasteiger partial charge >= 0.3 is 17.9 Å². The third kappa shape index (κ3) is 49.9. The van der Waals surface area contributed by atoms with E-state index in [1.165, 1.54) is 51.4 Å². The van der Waals surface area contributed by atoms with Crippen LogP contribution in [0.3, 0.4) is 0 Å². The van der Waals surface area contributed by atoms with Crippen molar-refractivity contribution in [2.24, 2.45) is 0 Å². The Balaban J connectivity index is 4.70. The number of hydrogen-bond acceptors (Lipinski definition) is 6. The summed E-state index contributed by atoms with van der Waals surface area (Å²) in [7, 11) is 0. The van der Waals surface area contributed by atoms with E-state index in [2.05, 4.69) is 124 Å². The minimum absolute atomic E-state index is 0.159. The Morgan fingerprint density at radius 3 is 1.02 bits per heavy atom. The van der Waals surface area contributed by atoms with Crippen LogP contribution in [0.1, 0.15) is 175 Å². The average molecular weight is 893 g/mol. The van der Waals surface area contributed by atoms with Crippen molar-refractivity contribution in [3.8, 4) is 0 Å². The lowest BCUT2D eigenvalue weighted by atomic mass is 10.2. The SMILES string of the molecule is CC\C=C/C=C\C=C/C=C\C=C/CCCC(=O)OCC(COC(=O)CCC/C=C\C/C=C\C/C=C\C/C=C\CCCCC)OC(=O)CCC/C=C\C/C=C\C/C=C\C/C=C\CCCCC. The molecule has 0 aromatic carbocycles. The third-order valence-corrected chi connectivity index (χ3v) is 9.61. The number of esters is 3. The van der Waals surface area contributed by atoms with E-state index in [-0.39, 0.29) is 44.4 Å². The number of allylic oxidation sites excluding steroid dienone is 26. The van der Waals surface area contributed by atoms with Gasteiger partial charge in [0.1, 0.15) is 13.2 Å². The number of rotatable bonds is 42. The molecule has 6 nitrogen and oxygen atoms in total. The summed E-state index contributed by atoms with van der Waals surface area (Å²) in [5.41, 5.74) is 0. The van der Waals surface area contributed by atoms with Gasteiger partial charge in [-0.1, -0.05) is 204 Å². The summed E-state index contributed by atoms with van der Waals surface area (Å²) in [6.07, 6.45) is 75.3. The van der Waals surface area contributed by atoms with Crippen LogP contribution in [0.5, 0.6) is 0 Å². The zero-order valence-electron chi connectivity index (χ0n) is 40.9. The van der Waals surface area contributed by atoms with Gasteiger partial charge in [-0.15, -0.1) is 0 Å². The van der Waals surface area contributed by atoms with Gasteiger partial charge in [0.25, 0.3) is 0 Å². The van der Waals surface area contributed by atoms with Crippen molar-refractivity contribution in [3.63, 3.8) is 0 Å². The second-order valence-electron chi connectivity index (χ2n) is 15.8. The molecule has 0 radical (unpaired) electrons. The predicted octanol–water partition coefficient (Wildman–Crippen LogP) is 16.6. The van der Waals surface area contributed by atoms with E-state index < -0.39 is 12.1 Å². The van der Waals surface area contributed by atoms with Gasteiger partial charge in [0, 0.05) is 19.3 Å². The average Bonchev–Trinajstić information content (AvgIpc) is 3.30. The lowest BCUT2D eigenvalue weighted by Gasteiger charge is -2.18. The fourth-order valence-electron chi connectivity index (χ4n) is 5.87. The molecule has 1 atom stereocenters. The first kappa shape index (κ1) is 60.0. The Bertz CT molecular complexity index is 1540. The fraction of sp³-hybridized carbons (Fsp3) is 0.508. The van der Waals surface area contributed by atoms with Crippen LogP contribution >= 0.6 is 0 Å². The Morgan fingerprint density at radius 2 is 0.646 bits per heavy atom. The van der Waals surface area contributed by atoms with Crippen LogP contribution < -0.4 is 0 Å².